The number of aromatic nitrogens is 1. The summed E-state index contributed by atoms with van der Waals surface area (Å²) < 4.78 is 33.0. The molecule has 0 atom stereocenters. The highest BCUT2D eigenvalue weighted by Crippen LogP contribution is 2.26. The molecule has 1 fully saturated rings. The fourth-order valence-electron chi connectivity index (χ4n) is 3.40. The summed E-state index contributed by atoms with van der Waals surface area (Å²) in [4.78, 5) is 16.2. The molecular formula is C20H24F2N2O2. The van der Waals surface area contributed by atoms with Gasteiger partial charge in [0.15, 0.2) is 11.7 Å². The van der Waals surface area contributed by atoms with Crippen LogP contribution in [0, 0.1) is 11.6 Å². The van der Waals surface area contributed by atoms with E-state index in [1.807, 2.05) is 0 Å². The minimum atomic E-state index is -0.699. The molecule has 0 radical (unpaired) electrons. The highest BCUT2D eigenvalue weighted by atomic mass is 19.1. The molecule has 1 amide bonds. The zero-order chi connectivity index (χ0) is 18.4. The Morgan fingerprint density at radius 2 is 1.77 bits per heavy atom. The van der Waals surface area contributed by atoms with Crippen molar-refractivity contribution in [2.24, 2.45) is 0 Å². The standard InChI is InChI=1S/C20H24F2N2O2/c21-15-9-6-10-16(22)20(15)17-13-23-19(26-17)12-11-18(25)24-14-7-4-2-1-3-5-8-14/h6,9-10,13-14H,1-5,7-8,11-12H2,(H,24,25). The van der Waals surface area contributed by atoms with E-state index >= 15 is 0 Å². The molecule has 0 saturated heterocycles. The summed E-state index contributed by atoms with van der Waals surface area (Å²) in [6.07, 6.45) is 9.97. The van der Waals surface area contributed by atoms with Gasteiger partial charge in [0.2, 0.25) is 5.91 Å². The van der Waals surface area contributed by atoms with Gasteiger partial charge < -0.3 is 9.73 Å². The lowest BCUT2D eigenvalue weighted by Gasteiger charge is -2.20. The van der Waals surface area contributed by atoms with Crippen LogP contribution in [0.1, 0.15) is 57.3 Å². The van der Waals surface area contributed by atoms with Crippen molar-refractivity contribution < 1.29 is 18.0 Å². The van der Waals surface area contributed by atoms with Crippen molar-refractivity contribution in [3.63, 3.8) is 0 Å². The first kappa shape index (κ1) is 18.5. The largest absolute Gasteiger partial charge is 0.441 e. The van der Waals surface area contributed by atoms with E-state index in [-0.39, 0.29) is 29.7 Å². The molecular weight excluding hydrogens is 338 g/mol. The number of aryl methyl sites for hydroxylation is 1. The number of nitrogens with one attached hydrogen (secondary N) is 1. The first-order valence-electron chi connectivity index (χ1n) is 9.32. The van der Waals surface area contributed by atoms with E-state index in [9.17, 15) is 13.6 Å². The van der Waals surface area contributed by atoms with Gasteiger partial charge in [-0.2, -0.15) is 0 Å². The number of carbonyl (C=O) groups excluding carboxylic acids is 1. The number of rotatable bonds is 5. The molecule has 1 aliphatic carbocycles. The fourth-order valence-corrected chi connectivity index (χ4v) is 3.40. The number of nitrogens with zero attached hydrogens (tertiary/aromatic N) is 1. The Hall–Kier alpha value is -2.24. The van der Waals surface area contributed by atoms with Crippen LogP contribution in [0.15, 0.2) is 28.8 Å². The summed E-state index contributed by atoms with van der Waals surface area (Å²) in [6, 6.07) is 3.88. The van der Waals surface area contributed by atoms with Gasteiger partial charge in [0.25, 0.3) is 0 Å². The Balaban J connectivity index is 1.53. The highest BCUT2D eigenvalue weighted by Gasteiger charge is 2.17. The zero-order valence-corrected chi connectivity index (χ0v) is 14.8. The highest BCUT2D eigenvalue weighted by molar-refractivity contribution is 5.76. The molecule has 6 heteroatoms. The van der Waals surface area contributed by atoms with E-state index in [4.69, 9.17) is 4.42 Å². The second-order valence-electron chi connectivity index (χ2n) is 6.82. The van der Waals surface area contributed by atoms with E-state index < -0.39 is 11.6 Å². The van der Waals surface area contributed by atoms with E-state index in [1.165, 1.54) is 43.7 Å². The molecule has 0 bridgehead atoms. The fraction of sp³-hybridized carbons (Fsp3) is 0.500. The second-order valence-corrected chi connectivity index (χ2v) is 6.82. The van der Waals surface area contributed by atoms with Gasteiger partial charge in [-0.1, -0.05) is 38.2 Å². The molecule has 3 rings (SSSR count). The second kappa shape index (κ2) is 8.92. The first-order valence-corrected chi connectivity index (χ1v) is 9.32. The normalized spacial score (nSPS) is 16.1. The molecule has 0 aliphatic heterocycles. The van der Waals surface area contributed by atoms with Crippen LogP contribution in [0.25, 0.3) is 11.3 Å². The third kappa shape index (κ3) is 4.90. The van der Waals surface area contributed by atoms with Gasteiger partial charge in [0, 0.05) is 18.9 Å². The van der Waals surface area contributed by atoms with Gasteiger partial charge in [-0.3, -0.25) is 4.79 Å². The van der Waals surface area contributed by atoms with Gasteiger partial charge >= 0.3 is 0 Å². The van der Waals surface area contributed by atoms with Crippen LogP contribution in [0.4, 0.5) is 8.78 Å². The molecule has 1 aromatic carbocycles. The minimum Gasteiger partial charge on any atom is -0.441 e. The number of amides is 1. The Bertz CT molecular complexity index is 717. The van der Waals surface area contributed by atoms with E-state index in [1.54, 1.807) is 0 Å². The zero-order valence-electron chi connectivity index (χ0n) is 14.8. The summed E-state index contributed by atoms with van der Waals surface area (Å²) in [7, 11) is 0. The lowest BCUT2D eigenvalue weighted by molar-refractivity contribution is -0.122. The number of hydrogen-bond donors (Lipinski definition) is 1. The van der Waals surface area contributed by atoms with Crippen LogP contribution < -0.4 is 5.32 Å². The van der Waals surface area contributed by atoms with Gasteiger partial charge in [-0.25, -0.2) is 13.8 Å². The van der Waals surface area contributed by atoms with E-state index in [2.05, 4.69) is 10.3 Å². The maximum Gasteiger partial charge on any atom is 0.220 e. The van der Waals surface area contributed by atoms with Crippen molar-refractivity contribution in [3.05, 3.63) is 41.9 Å². The van der Waals surface area contributed by atoms with Crippen LogP contribution in [0.2, 0.25) is 0 Å². The molecule has 0 spiro atoms. The number of carbonyl (C=O) groups is 1. The quantitative estimate of drug-likeness (QED) is 0.833. The predicted molar refractivity (Wildman–Crippen MR) is 94.4 cm³/mol. The van der Waals surface area contributed by atoms with Gasteiger partial charge in [-0.15, -0.1) is 0 Å². The molecule has 26 heavy (non-hydrogen) atoms. The first-order chi connectivity index (χ1) is 12.6. The molecule has 1 N–H and O–H groups in total. The molecule has 140 valence electrons. The number of benzene rings is 1. The molecule has 1 saturated carbocycles. The summed E-state index contributed by atoms with van der Waals surface area (Å²) >= 11 is 0. The maximum absolute atomic E-state index is 13.8. The van der Waals surface area contributed by atoms with Crippen LogP contribution in [-0.2, 0) is 11.2 Å². The number of halogens is 2. The smallest absolute Gasteiger partial charge is 0.220 e. The van der Waals surface area contributed by atoms with Crippen molar-refractivity contribution in [3.8, 4) is 11.3 Å². The van der Waals surface area contributed by atoms with Gasteiger partial charge in [0.05, 0.1) is 11.8 Å². The third-order valence-corrected chi connectivity index (χ3v) is 4.80. The SMILES string of the molecule is O=C(CCc1ncc(-c2c(F)cccc2F)o1)NC1CCCCCCC1. The molecule has 4 nitrogen and oxygen atoms in total. The topological polar surface area (TPSA) is 55.1 Å². The average molecular weight is 362 g/mol. The van der Waals surface area contributed by atoms with Crippen LogP contribution in [0.5, 0.6) is 0 Å². The molecule has 1 aliphatic rings. The number of hydrogen-bond acceptors (Lipinski definition) is 3. The Morgan fingerprint density at radius 1 is 1.12 bits per heavy atom. The average Bonchev–Trinajstić information content (AvgIpc) is 3.04. The lowest BCUT2D eigenvalue weighted by Crippen LogP contribution is -2.35. The van der Waals surface area contributed by atoms with Gasteiger partial charge in [-0.05, 0) is 25.0 Å². The van der Waals surface area contributed by atoms with Crippen molar-refractivity contribution in [1.29, 1.82) is 0 Å². The van der Waals surface area contributed by atoms with Crippen LogP contribution in [-0.4, -0.2) is 16.9 Å². The summed E-state index contributed by atoms with van der Waals surface area (Å²) in [5.74, 6) is -1.09. The monoisotopic (exact) mass is 362 g/mol. The van der Waals surface area contributed by atoms with E-state index in [0.717, 1.165) is 25.7 Å². The number of oxazole rings is 1. The van der Waals surface area contributed by atoms with Gasteiger partial charge in [0.1, 0.15) is 11.6 Å². The summed E-state index contributed by atoms with van der Waals surface area (Å²) in [5, 5.41) is 3.09. The van der Waals surface area contributed by atoms with Crippen molar-refractivity contribution >= 4 is 5.91 Å². The van der Waals surface area contributed by atoms with Crippen LogP contribution >= 0.6 is 0 Å². The summed E-state index contributed by atoms with van der Waals surface area (Å²) in [5.41, 5.74) is -0.231. The third-order valence-electron chi connectivity index (χ3n) is 4.80. The lowest BCUT2D eigenvalue weighted by atomic mass is 9.96. The predicted octanol–water partition coefficient (Wildman–Crippen LogP) is 4.78. The van der Waals surface area contributed by atoms with Crippen molar-refractivity contribution in [1.82, 2.24) is 10.3 Å². The molecule has 1 aromatic heterocycles. The molecule has 0 unspecified atom stereocenters. The summed E-state index contributed by atoms with van der Waals surface area (Å²) in [6.45, 7) is 0. The Labute approximate surface area is 152 Å². The van der Waals surface area contributed by atoms with Crippen molar-refractivity contribution in [2.75, 3.05) is 0 Å². The Morgan fingerprint density at radius 3 is 2.46 bits per heavy atom. The van der Waals surface area contributed by atoms with E-state index in [0.29, 0.717) is 12.3 Å². The van der Waals surface area contributed by atoms with Crippen molar-refractivity contribution in [2.45, 2.75) is 63.8 Å². The Kier molecular flexibility index (Phi) is 6.36. The molecule has 2 aromatic rings. The minimum absolute atomic E-state index is 0.0348. The molecule has 1 heterocycles. The maximum atomic E-state index is 13.8. The van der Waals surface area contributed by atoms with Crippen LogP contribution in [0.3, 0.4) is 0 Å².